The smallest absolute Gasteiger partial charge is 0.0176 e. The Hall–Kier alpha value is 0.340. The lowest BCUT2D eigenvalue weighted by molar-refractivity contribution is 0.550. The molecule has 82 valence electrons. The zero-order valence-electron chi connectivity index (χ0n) is 9.05. The summed E-state index contributed by atoms with van der Waals surface area (Å²) in [7, 11) is 0. The average Bonchev–Trinajstić information content (AvgIpc) is 2.63. The van der Waals surface area contributed by atoms with Crippen LogP contribution in [0.15, 0.2) is 11.1 Å². The fourth-order valence-corrected chi connectivity index (χ4v) is 3.08. The summed E-state index contributed by atoms with van der Waals surface area (Å²) in [6.07, 6.45) is 4.03. The molecule has 2 atom stereocenters. The molecule has 14 heavy (non-hydrogen) atoms. The normalized spacial score (nSPS) is 28.4. The Labute approximate surface area is 96.7 Å². The topological polar surface area (TPSA) is 12.0 Å². The lowest BCUT2D eigenvalue weighted by atomic mass is 10.2. The molecule has 1 aliphatic rings. The van der Waals surface area contributed by atoms with Crippen molar-refractivity contribution in [3.8, 4) is 0 Å². The van der Waals surface area contributed by atoms with Crippen LogP contribution in [0.3, 0.4) is 0 Å². The minimum Gasteiger partial charge on any atom is -0.310 e. The molecule has 0 aromatic rings. The maximum absolute atomic E-state index is 5.61. The Kier molecular flexibility index (Phi) is 5.99. The Morgan fingerprint density at radius 2 is 2.36 bits per heavy atom. The molecule has 0 aromatic carbocycles. The molecule has 1 aliphatic carbocycles. The van der Waals surface area contributed by atoms with Gasteiger partial charge in [0.2, 0.25) is 0 Å². The van der Waals surface area contributed by atoms with Gasteiger partial charge in [0.25, 0.3) is 0 Å². The van der Waals surface area contributed by atoms with E-state index < -0.39 is 0 Å². The van der Waals surface area contributed by atoms with Crippen molar-refractivity contribution >= 4 is 23.4 Å². The molecule has 0 heterocycles. The van der Waals surface area contributed by atoms with Crippen LogP contribution in [0.5, 0.6) is 0 Å². The summed E-state index contributed by atoms with van der Waals surface area (Å²) < 4.78 is 0. The molecule has 1 nitrogen and oxygen atoms in total. The van der Waals surface area contributed by atoms with Gasteiger partial charge in [-0.1, -0.05) is 18.5 Å². The minimum atomic E-state index is 0.714. The van der Waals surface area contributed by atoms with E-state index in [4.69, 9.17) is 11.6 Å². The van der Waals surface area contributed by atoms with Crippen LogP contribution in [0.4, 0.5) is 0 Å². The summed E-state index contributed by atoms with van der Waals surface area (Å²) in [5.41, 5.74) is 2.89. The molecule has 0 saturated heterocycles. The molecule has 1 saturated carbocycles. The van der Waals surface area contributed by atoms with Gasteiger partial charge in [0.05, 0.1) is 0 Å². The van der Waals surface area contributed by atoms with E-state index in [-0.39, 0.29) is 0 Å². The molecular formula is C11H20ClNS. The van der Waals surface area contributed by atoms with Gasteiger partial charge < -0.3 is 5.32 Å². The summed E-state index contributed by atoms with van der Waals surface area (Å²) in [4.78, 5) is 0. The van der Waals surface area contributed by atoms with Crippen molar-refractivity contribution in [3.05, 3.63) is 11.1 Å². The third-order valence-electron chi connectivity index (χ3n) is 2.64. The zero-order valence-corrected chi connectivity index (χ0v) is 10.6. The first-order valence-electron chi connectivity index (χ1n) is 5.37. The molecule has 0 bridgehead atoms. The van der Waals surface area contributed by atoms with Crippen LogP contribution in [0.1, 0.15) is 33.1 Å². The molecule has 2 unspecified atom stereocenters. The number of hydrogen-bond acceptors (Lipinski definition) is 2. The predicted molar refractivity (Wildman–Crippen MR) is 67.2 cm³/mol. The Morgan fingerprint density at radius 3 is 3.00 bits per heavy atom. The highest BCUT2D eigenvalue weighted by Crippen LogP contribution is 2.29. The SMILES string of the molecule is CCSC1CCC(NCC(C)=CCl)C1. The van der Waals surface area contributed by atoms with Crippen LogP contribution in [-0.4, -0.2) is 23.6 Å². The van der Waals surface area contributed by atoms with Gasteiger partial charge in [-0.25, -0.2) is 0 Å². The van der Waals surface area contributed by atoms with Crippen LogP contribution >= 0.6 is 23.4 Å². The van der Waals surface area contributed by atoms with Crippen molar-refractivity contribution in [1.82, 2.24) is 5.32 Å². The van der Waals surface area contributed by atoms with Gasteiger partial charge in [0, 0.05) is 23.4 Å². The van der Waals surface area contributed by atoms with E-state index in [1.807, 2.05) is 0 Å². The van der Waals surface area contributed by atoms with Crippen molar-refractivity contribution in [2.75, 3.05) is 12.3 Å². The summed E-state index contributed by atoms with van der Waals surface area (Å²) >= 11 is 7.71. The molecule has 0 radical (unpaired) electrons. The van der Waals surface area contributed by atoms with Crippen molar-refractivity contribution in [2.24, 2.45) is 0 Å². The number of halogens is 1. The van der Waals surface area contributed by atoms with Crippen LogP contribution in [-0.2, 0) is 0 Å². The van der Waals surface area contributed by atoms with E-state index in [2.05, 4.69) is 30.9 Å². The summed E-state index contributed by atoms with van der Waals surface area (Å²) in [6, 6.07) is 0.714. The van der Waals surface area contributed by atoms with E-state index in [0.29, 0.717) is 6.04 Å². The highest BCUT2D eigenvalue weighted by molar-refractivity contribution is 7.99. The van der Waals surface area contributed by atoms with Crippen molar-refractivity contribution < 1.29 is 0 Å². The second kappa shape index (κ2) is 6.76. The van der Waals surface area contributed by atoms with Crippen molar-refractivity contribution in [2.45, 2.75) is 44.4 Å². The molecule has 1 fully saturated rings. The molecule has 0 spiro atoms. The zero-order chi connectivity index (χ0) is 10.4. The van der Waals surface area contributed by atoms with Crippen LogP contribution in [0, 0.1) is 0 Å². The van der Waals surface area contributed by atoms with Gasteiger partial charge in [-0.2, -0.15) is 11.8 Å². The first-order valence-corrected chi connectivity index (χ1v) is 6.85. The molecule has 3 heteroatoms. The van der Waals surface area contributed by atoms with Gasteiger partial charge in [-0.05, 0) is 37.5 Å². The fourth-order valence-electron chi connectivity index (χ4n) is 1.86. The maximum Gasteiger partial charge on any atom is 0.0176 e. The lowest BCUT2D eigenvalue weighted by Gasteiger charge is -2.12. The largest absolute Gasteiger partial charge is 0.310 e. The van der Waals surface area contributed by atoms with E-state index in [9.17, 15) is 0 Å². The maximum atomic E-state index is 5.61. The number of thioether (sulfide) groups is 1. The molecule has 1 rings (SSSR count). The standard InChI is InChI=1S/C11H20ClNS/c1-3-14-11-5-4-10(6-11)13-8-9(2)7-12/h7,10-11,13H,3-6,8H2,1-2H3. The third kappa shape index (κ3) is 4.24. The van der Waals surface area contributed by atoms with Crippen LogP contribution in [0.2, 0.25) is 0 Å². The average molecular weight is 234 g/mol. The van der Waals surface area contributed by atoms with E-state index in [1.165, 1.54) is 30.6 Å². The molecule has 0 amide bonds. The Bertz CT molecular complexity index is 194. The number of rotatable bonds is 5. The molecule has 0 aromatic heterocycles. The van der Waals surface area contributed by atoms with E-state index in [0.717, 1.165) is 11.8 Å². The van der Waals surface area contributed by atoms with Gasteiger partial charge >= 0.3 is 0 Å². The number of nitrogens with one attached hydrogen (secondary N) is 1. The first-order chi connectivity index (χ1) is 6.76. The summed E-state index contributed by atoms with van der Waals surface area (Å²) in [5.74, 6) is 1.25. The summed E-state index contributed by atoms with van der Waals surface area (Å²) in [6.45, 7) is 5.25. The van der Waals surface area contributed by atoms with Crippen molar-refractivity contribution in [3.63, 3.8) is 0 Å². The first kappa shape index (κ1) is 12.4. The highest BCUT2D eigenvalue weighted by Gasteiger charge is 2.23. The second-order valence-corrected chi connectivity index (χ2v) is 5.72. The van der Waals surface area contributed by atoms with Gasteiger partial charge in [-0.3, -0.25) is 0 Å². The molecular weight excluding hydrogens is 214 g/mol. The predicted octanol–water partition coefficient (Wildman–Crippen LogP) is 3.39. The highest BCUT2D eigenvalue weighted by atomic mass is 35.5. The quantitative estimate of drug-likeness (QED) is 0.781. The van der Waals surface area contributed by atoms with Crippen molar-refractivity contribution in [1.29, 1.82) is 0 Å². The lowest BCUT2D eigenvalue weighted by Crippen LogP contribution is -2.28. The van der Waals surface area contributed by atoms with Gasteiger partial charge in [0.15, 0.2) is 0 Å². The van der Waals surface area contributed by atoms with Crippen LogP contribution < -0.4 is 5.32 Å². The van der Waals surface area contributed by atoms with Gasteiger partial charge in [0.1, 0.15) is 0 Å². The van der Waals surface area contributed by atoms with E-state index >= 15 is 0 Å². The van der Waals surface area contributed by atoms with Crippen LogP contribution in [0.25, 0.3) is 0 Å². The second-order valence-electron chi connectivity index (χ2n) is 3.92. The van der Waals surface area contributed by atoms with Gasteiger partial charge in [-0.15, -0.1) is 0 Å². The monoisotopic (exact) mass is 233 g/mol. The third-order valence-corrected chi connectivity index (χ3v) is 4.25. The minimum absolute atomic E-state index is 0.714. The molecule has 1 N–H and O–H groups in total. The van der Waals surface area contributed by atoms with E-state index in [1.54, 1.807) is 5.54 Å². The Morgan fingerprint density at radius 1 is 1.57 bits per heavy atom. The fraction of sp³-hybridized carbons (Fsp3) is 0.818. The molecule has 0 aliphatic heterocycles. The Balaban J connectivity index is 2.16. The number of hydrogen-bond donors (Lipinski definition) is 1. The summed E-state index contributed by atoms with van der Waals surface area (Å²) in [5, 5.41) is 4.44.